The monoisotopic (exact) mass is 288 g/mol. The highest BCUT2D eigenvalue weighted by Gasteiger charge is 2.18. The van der Waals surface area contributed by atoms with Gasteiger partial charge in [-0.1, -0.05) is 6.92 Å². The van der Waals surface area contributed by atoms with Crippen LogP contribution in [0.15, 0.2) is 0 Å². The third kappa shape index (κ3) is 6.83. The van der Waals surface area contributed by atoms with Gasteiger partial charge in [-0.05, 0) is 19.5 Å². The summed E-state index contributed by atoms with van der Waals surface area (Å²) >= 11 is 0. The molecule has 116 valence electrons. The number of hydrogen-bond donors (Lipinski definition) is 2. The summed E-state index contributed by atoms with van der Waals surface area (Å²) in [5, 5.41) is 17.8. The number of hydrogen-bond acceptors (Lipinski definition) is 5. The van der Waals surface area contributed by atoms with Gasteiger partial charge in [0.1, 0.15) is 0 Å². The highest BCUT2D eigenvalue weighted by atomic mass is 16.5. The van der Waals surface area contributed by atoms with Crippen molar-refractivity contribution >= 4 is 11.9 Å². The fourth-order valence-corrected chi connectivity index (χ4v) is 2.23. The molecule has 7 nitrogen and oxygen atoms in total. The van der Waals surface area contributed by atoms with Crippen molar-refractivity contribution in [1.29, 1.82) is 0 Å². The normalized spacial score (nSPS) is 18.1. The van der Waals surface area contributed by atoms with E-state index in [2.05, 4.69) is 4.90 Å². The van der Waals surface area contributed by atoms with Gasteiger partial charge in [-0.2, -0.15) is 0 Å². The van der Waals surface area contributed by atoms with Crippen molar-refractivity contribution in [2.75, 3.05) is 52.5 Å². The Bertz CT molecular complexity index is 318. The molecule has 1 rings (SSSR count). The smallest absolute Gasteiger partial charge is 0.317 e. The minimum Gasteiger partial charge on any atom is -0.481 e. The molecule has 0 bridgehead atoms. The predicted molar refractivity (Wildman–Crippen MR) is 72.8 cm³/mol. The van der Waals surface area contributed by atoms with E-state index in [0.717, 1.165) is 39.3 Å². The van der Waals surface area contributed by atoms with Crippen LogP contribution in [0.1, 0.15) is 13.3 Å². The Morgan fingerprint density at radius 1 is 1.30 bits per heavy atom. The first-order valence-electron chi connectivity index (χ1n) is 6.96. The first-order chi connectivity index (χ1) is 9.49. The van der Waals surface area contributed by atoms with Crippen LogP contribution in [0.4, 0.5) is 0 Å². The maximum Gasteiger partial charge on any atom is 0.317 e. The van der Waals surface area contributed by atoms with Crippen LogP contribution in [0.3, 0.4) is 0 Å². The minimum absolute atomic E-state index is 0.110. The maximum atomic E-state index is 10.8. The lowest BCUT2D eigenvalue weighted by molar-refractivity contribution is -0.144. The molecule has 0 radical (unpaired) electrons. The van der Waals surface area contributed by atoms with Crippen LogP contribution in [0.2, 0.25) is 0 Å². The number of carboxylic acid groups (broad SMARTS) is 2. The van der Waals surface area contributed by atoms with Gasteiger partial charge in [0.15, 0.2) is 0 Å². The fraction of sp³-hybridized carbons (Fsp3) is 0.846. The summed E-state index contributed by atoms with van der Waals surface area (Å²) in [5.74, 6) is -2.37. The van der Waals surface area contributed by atoms with Gasteiger partial charge in [-0.25, -0.2) is 0 Å². The highest BCUT2D eigenvalue weighted by molar-refractivity contribution is 5.71. The summed E-state index contributed by atoms with van der Waals surface area (Å²) in [4.78, 5) is 25.6. The van der Waals surface area contributed by atoms with E-state index in [1.807, 2.05) is 0 Å². The molecule has 1 aliphatic rings. The number of rotatable bonds is 9. The largest absolute Gasteiger partial charge is 0.481 e. The standard InChI is InChI=1S/C13H24N2O5/c1-11(13(18)19)9-15(10-12(16)17)4-2-3-14-5-7-20-8-6-14/h11H,2-10H2,1H3,(H,16,17)(H,18,19). The summed E-state index contributed by atoms with van der Waals surface area (Å²) in [6.45, 7) is 6.55. The average molecular weight is 288 g/mol. The zero-order chi connectivity index (χ0) is 15.0. The molecule has 0 spiro atoms. The first kappa shape index (κ1) is 16.9. The van der Waals surface area contributed by atoms with E-state index in [0.29, 0.717) is 6.54 Å². The van der Waals surface area contributed by atoms with Crippen molar-refractivity contribution < 1.29 is 24.5 Å². The minimum atomic E-state index is -0.922. The van der Waals surface area contributed by atoms with Crippen molar-refractivity contribution in [3.05, 3.63) is 0 Å². The molecule has 1 fully saturated rings. The second-order valence-corrected chi connectivity index (χ2v) is 5.18. The molecule has 7 heteroatoms. The molecule has 2 N–H and O–H groups in total. The van der Waals surface area contributed by atoms with Gasteiger partial charge >= 0.3 is 11.9 Å². The zero-order valence-electron chi connectivity index (χ0n) is 12.0. The molecule has 1 atom stereocenters. The predicted octanol–water partition coefficient (Wildman–Crippen LogP) is -0.184. The molecule has 1 unspecified atom stereocenters. The summed E-state index contributed by atoms with van der Waals surface area (Å²) in [6, 6.07) is 0. The Labute approximate surface area is 119 Å². The van der Waals surface area contributed by atoms with Crippen molar-refractivity contribution in [3.8, 4) is 0 Å². The van der Waals surface area contributed by atoms with E-state index in [1.165, 1.54) is 0 Å². The SMILES string of the molecule is CC(CN(CCCN1CCOCC1)CC(=O)O)C(=O)O. The summed E-state index contributed by atoms with van der Waals surface area (Å²) < 4.78 is 5.26. The Kier molecular flexibility index (Phi) is 7.50. The van der Waals surface area contributed by atoms with Gasteiger partial charge in [-0.3, -0.25) is 19.4 Å². The van der Waals surface area contributed by atoms with E-state index in [4.69, 9.17) is 14.9 Å². The highest BCUT2D eigenvalue weighted by Crippen LogP contribution is 2.03. The van der Waals surface area contributed by atoms with Gasteiger partial charge in [0.25, 0.3) is 0 Å². The molecule has 1 heterocycles. The Hall–Kier alpha value is -1.18. The summed E-state index contributed by atoms with van der Waals surface area (Å²) in [5.41, 5.74) is 0. The van der Waals surface area contributed by atoms with E-state index >= 15 is 0 Å². The Balaban J connectivity index is 2.31. The number of carboxylic acids is 2. The molecule has 0 aromatic carbocycles. The topological polar surface area (TPSA) is 90.3 Å². The molecule has 0 aliphatic carbocycles. The van der Waals surface area contributed by atoms with Gasteiger partial charge in [0.05, 0.1) is 25.7 Å². The van der Waals surface area contributed by atoms with E-state index in [9.17, 15) is 9.59 Å². The van der Waals surface area contributed by atoms with Crippen LogP contribution in [0.5, 0.6) is 0 Å². The zero-order valence-corrected chi connectivity index (χ0v) is 12.0. The van der Waals surface area contributed by atoms with Crippen LogP contribution in [-0.4, -0.2) is 84.4 Å². The number of nitrogens with zero attached hydrogens (tertiary/aromatic N) is 2. The van der Waals surface area contributed by atoms with Crippen molar-refractivity contribution in [2.45, 2.75) is 13.3 Å². The van der Waals surface area contributed by atoms with Crippen LogP contribution >= 0.6 is 0 Å². The second-order valence-electron chi connectivity index (χ2n) is 5.18. The van der Waals surface area contributed by atoms with Crippen molar-refractivity contribution in [3.63, 3.8) is 0 Å². The first-order valence-corrected chi connectivity index (χ1v) is 6.96. The van der Waals surface area contributed by atoms with Crippen LogP contribution in [-0.2, 0) is 14.3 Å². The molecule has 0 amide bonds. The maximum absolute atomic E-state index is 10.8. The van der Waals surface area contributed by atoms with Crippen LogP contribution in [0, 0.1) is 5.92 Å². The number of carbonyl (C=O) groups is 2. The molecule has 0 saturated carbocycles. The van der Waals surface area contributed by atoms with Gasteiger partial charge in [-0.15, -0.1) is 0 Å². The van der Waals surface area contributed by atoms with Gasteiger partial charge in [0, 0.05) is 19.6 Å². The molecule has 0 aromatic rings. The van der Waals surface area contributed by atoms with E-state index in [1.54, 1.807) is 11.8 Å². The second kappa shape index (κ2) is 8.89. The lowest BCUT2D eigenvalue weighted by atomic mass is 10.1. The Morgan fingerprint density at radius 2 is 1.95 bits per heavy atom. The van der Waals surface area contributed by atoms with Crippen LogP contribution < -0.4 is 0 Å². The molecular formula is C13H24N2O5. The summed E-state index contributed by atoms with van der Waals surface area (Å²) in [6.07, 6.45) is 0.833. The van der Waals surface area contributed by atoms with Crippen molar-refractivity contribution in [2.24, 2.45) is 5.92 Å². The van der Waals surface area contributed by atoms with Crippen LogP contribution in [0.25, 0.3) is 0 Å². The number of ether oxygens (including phenoxy) is 1. The lowest BCUT2D eigenvalue weighted by Crippen LogP contribution is -2.40. The molecule has 1 saturated heterocycles. The van der Waals surface area contributed by atoms with E-state index in [-0.39, 0.29) is 13.1 Å². The Morgan fingerprint density at radius 3 is 2.50 bits per heavy atom. The summed E-state index contributed by atoms with van der Waals surface area (Å²) in [7, 11) is 0. The van der Waals surface area contributed by atoms with E-state index < -0.39 is 17.9 Å². The van der Waals surface area contributed by atoms with Crippen molar-refractivity contribution in [1.82, 2.24) is 9.80 Å². The van der Waals surface area contributed by atoms with Gasteiger partial charge < -0.3 is 14.9 Å². The van der Waals surface area contributed by atoms with Gasteiger partial charge in [0.2, 0.25) is 0 Å². The number of morpholine rings is 1. The third-order valence-electron chi connectivity index (χ3n) is 3.36. The molecular weight excluding hydrogens is 264 g/mol. The fourth-order valence-electron chi connectivity index (χ4n) is 2.23. The number of aliphatic carboxylic acids is 2. The molecule has 20 heavy (non-hydrogen) atoms. The molecule has 0 aromatic heterocycles. The lowest BCUT2D eigenvalue weighted by Gasteiger charge is -2.28. The molecule has 1 aliphatic heterocycles. The average Bonchev–Trinajstić information content (AvgIpc) is 2.39. The third-order valence-corrected chi connectivity index (χ3v) is 3.36. The quantitative estimate of drug-likeness (QED) is 0.608.